The SMILES string of the molecule is Cc1cc(F)ccc1CN1C2CCC1CC(CC(=O)O)C2. The van der Waals surface area contributed by atoms with Crippen molar-refractivity contribution in [3.05, 3.63) is 35.1 Å². The summed E-state index contributed by atoms with van der Waals surface area (Å²) in [6.45, 7) is 2.82. The van der Waals surface area contributed by atoms with E-state index in [9.17, 15) is 9.18 Å². The quantitative estimate of drug-likeness (QED) is 0.925. The van der Waals surface area contributed by atoms with Crippen molar-refractivity contribution in [1.29, 1.82) is 0 Å². The molecule has 4 heteroatoms. The zero-order valence-corrected chi connectivity index (χ0v) is 12.4. The highest BCUT2D eigenvalue weighted by Crippen LogP contribution is 2.40. The van der Waals surface area contributed by atoms with E-state index in [1.54, 1.807) is 6.07 Å². The van der Waals surface area contributed by atoms with Crippen LogP contribution in [0.5, 0.6) is 0 Å². The number of piperidine rings is 1. The van der Waals surface area contributed by atoms with Gasteiger partial charge in [0.2, 0.25) is 0 Å². The van der Waals surface area contributed by atoms with Crippen LogP contribution in [-0.4, -0.2) is 28.1 Å². The molecular weight excluding hydrogens is 269 g/mol. The van der Waals surface area contributed by atoms with Crippen molar-refractivity contribution in [2.75, 3.05) is 0 Å². The summed E-state index contributed by atoms with van der Waals surface area (Å²) >= 11 is 0. The van der Waals surface area contributed by atoms with Crippen LogP contribution in [0.25, 0.3) is 0 Å². The summed E-state index contributed by atoms with van der Waals surface area (Å²) in [5.74, 6) is -0.535. The first-order chi connectivity index (χ1) is 10.0. The van der Waals surface area contributed by atoms with Crippen molar-refractivity contribution in [3.8, 4) is 0 Å². The van der Waals surface area contributed by atoms with E-state index in [1.807, 2.05) is 13.0 Å². The van der Waals surface area contributed by atoms with Gasteiger partial charge in [0.1, 0.15) is 5.82 Å². The number of halogens is 1. The molecule has 1 aromatic rings. The minimum atomic E-state index is -0.678. The van der Waals surface area contributed by atoms with E-state index in [-0.39, 0.29) is 5.82 Å². The molecule has 2 unspecified atom stereocenters. The molecule has 0 saturated carbocycles. The van der Waals surface area contributed by atoms with Crippen LogP contribution in [0.1, 0.15) is 43.2 Å². The zero-order chi connectivity index (χ0) is 15.0. The maximum Gasteiger partial charge on any atom is 0.303 e. The van der Waals surface area contributed by atoms with E-state index in [1.165, 1.54) is 24.5 Å². The topological polar surface area (TPSA) is 40.5 Å². The van der Waals surface area contributed by atoms with Crippen LogP contribution in [0.15, 0.2) is 18.2 Å². The minimum Gasteiger partial charge on any atom is -0.481 e. The van der Waals surface area contributed by atoms with Crippen molar-refractivity contribution in [3.63, 3.8) is 0 Å². The summed E-state index contributed by atoms with van der Waals surface area (Å²) in [7, 11) is 0. The summed E-state index contributed by atoms with van der Waals surface area (Å²) in [6.07, 6.45) is 4.62. The Morgan fingerprint density at radius 3 is 2.57 bits per heavy atom. The second-order valence-electron chi connectivity index (χ2n) is 6.56. The lowest BCUT2D eigenvalue weighted by Crippen LogP contribution is -2.42. The van der Waals surface area contributed by atoms with Crippen molar-refractivity contribution in [2.24, 2.45) is 5.92 Å². The van der Waals surface area contributed by atoms with Gasteiger partial charge >= 0.3 is 5.97 Å². The van der Waals surface area contributed by atoms with Crippen molar-refractivity contribution < 1.29 is 14.3 Å². The lowest BCUT2D eigenvalue weighted by atomic mass is 9.88. The molecule has 0 radical (unpaired) electrons. The van der Waals surface area contributed by atoms with Gasteiger partial charge in [-0.25, -0.2) is 4.39 Å². The summed E-state index contributed by atoms with van der Waals surface area (Å²) in [6, 6.07) is 6.00. The Morgan fingerprint density at radius 2 is 2.00 bits per heavy atom. The molecule has 0 aromatic heterocycles. The normalized spacial score (nSPS) is 28.8. The van der Waals surface area contributed by atoms with Gasteiger partial charge in [-0.15, -0.1) is 0 Å². The Hall–Kier alpha value is -1.42. The molecule has 2 heterocycles. The fraction of sp³-hybridized carbons (Fsp3) is 0.588. The fourth-order valence-corrected chi connectivity index (χ4v) is 4.09. The molecule has 114 valence electrons. The third kappa shape index (κ3) is 3.10. The molecule has 2 aliphatic heterocycles. The minimum absolute atomic E-state index is 0.181. The van der Waals surface area contributed by atoms with E-state index in [2.05, 4.69) is 4.90 Å². The number of benzene rings is 1. The molecule has 1 aromatic carbocycles. The molecule has 2 aliphatic rings. The number of hydrogen-bond donors (Lipinski definition) is 1. The van der Waals surface area contributed by atoms with Gasteiger partial charge < -0.3 is 5.11 Å². The van der Waals surface area contributed by atoms with Crippen LogP contribution >= 0.6 is 0 Å². The first-order valence-electron chi connectivity index (χ1n) is 7.75. The predicted molar refractivity (Wildman–Crippen MR) is 78.5 cm³/mol. The van der Waals surface area contributed by atoms with E-state index in [4.69, 9.17) is 5.11 Å². The van der Waals surface area contributed by atoms with E-state index >= 15 is 0 Å². The lowest BCUT2D eigenvalue weighted by Gasteiger charge is -2.39. The maximum atomic E-state index is 13.2. The lowest BCUT2D eigenvalue weighted by molar-refractivity contribution is -0.138. The molecule has 1 N–H and O–H groups in total. The monoisotopic (exact) mass is 291 g/mol. The first-order valence-corrected chi connectivity index (χ1v) is 7.75. The molecule has 2 atom stereocenters. The van der Waals surface area contributed by atoms with Gasteiger partial charge in [0.25, 0.3) is 0 Å². The van der Waals surface area contributed by atoms with Gasteiger partial charge in [0.05, 0.1) is 0 Å². The van der Waals surface area contributed by atoms with Crippen molar-refractivity contribution in [1.82, 2.24) is 4.90 Å². The number of nitrogens with zero attached hydrogens (tertiary/aromatic N) is 1. The highest BCUT2D eigenvalue weighted by molar-refractivity contribution is 5.67. The van der Waals surface area contributed by atoms with Gasteiger partial charge in [-0.2, -0.15) is 0 Å². The molecular formula is C17H22FNO2. The Labute approximate surface area is 124 Å². The van der Waals surface area contributed by atoms with E-state index in [0.29, 0.717) is 24.4 Å². The number of fused-ring (bicyclic) bond motifs is 2. The summed E-state index contributed by atoms with van der Waals surface area (Å²) < 4.78 is 13.2. The van der Waals surface area contributed by atoms with Crippen LogP contribution in [0.2, 0.25) is 0 Å². The largest absolute Gasteiger partial charge is 0.481 e. The average molecular weight is 291 g/mol. The number of hydrogen-bond acceptors (Lipinski definition) is 2. The van der Waals surface area contributed by atoms with Crippen molar-refractivity contribution in [2.45, 2.75) is 57.7 Å². The Kier molecular flexibility index (Phi) is 3.98. The third-order valence-corrected chi connectivity index (χ3v) is 5.10. The van der Waals surface area contributed by atoms with E-state index < -0.39 is 5.97 Å². The molecule has 0 aliphatic carbocycles. The number of carbonyl (C=O) groups is 1. The molecule has 2 saturated heterocycles. The van der Waals surface area contributed by atoms with Crippen LogP contribution in [0, 0.1) is 18.7 Å². The Balaban J connectivity index is 1.69. The molecule has 2 bridgehead atoms. The summed E-state index contributed by atoms with van der Waals surface area (Å²) in [5, 5.41) is 8.97. The highest BCUT2D eigenvalue weighted by atomic mass is 19.1. The number of carboxylic acids is 1. The number of rotatable bonds is 4. The molecule has 0 spiro atoms. The van der Waals surface area contributed by atoms with Crippen LogP contribution in [0.4, 0.5) is 4.39 Å². The maximum absolute atomic E-state index is 13.2. The number of aliphatic carboxylic acids is 1. The van der Waals surface area contributed by atoms with E-state index in [0.717, 1.165) is 24.9 Å². The van der Waals surface area contributed by atoms with Crippen molar-refractivity contribution >= 4 is 5.97 Å². The molecule has 0 amide bonds. The molecule has 3 rings (SSSR count). The number of carboxylic acid groups (broad SMARTS) is 1. The fourth-order valence-electron chi connectivity index (χ4n) is 4.09. The Bertz CT molecular complexity index is 532. The standard InChI is InChI=1S/C17H22FNO2/c1-11-6-14(18)3-2-13(11)10-19-15-4-5-16(19)8-12(7-15)9-17(20)21/h2-3,6,12,15-16H,4-5,7-10H2,1H3,(H,20,21). The summed E-state index contributed by atoms with van der Waals surface area (Å²) in [4.78, 5) is 13.4. The van der Waals surface area contributed by atoms with Crippen LogP contribution in [0.3, 0.4) is 0 Å². The van der Waals surface area contributed by atoms with Gasteiger partial charge in [0, 0.05) is 25.0 Å². The predicted octanol–water partition coefficient (Wildman–Crippen LogP) is 3.35. The second-order valence-corrected chi connectivity index (χ2v) is 6.56. The summed E-state index contributed by atoms with van der Waals surface area (Å²) in [5.41, 5.74) is 2.19. The third-order valence-electron chi connectivity index (χ3n) is 5.10. The number of aryl methyl sites for hydroxylation is 1. The zero-order valence-electron chi connectivity index (χ0n) is 12.4. The van der Waals surface area contributed by atoms with Crippen LogP contribution in [-0.2, 0) is 11.3 Å². The molecule has 2 fully saturated rings. The van der Waals surface area contributed by atoms with Gasteiger partial charge in [-0.1, -0.05) is 6.07 Å². The van der Waals surface area contributed by atoms with Crippen LogP contribution < -0.4 is 0 Å². The van der Waals surface area contributed by atoms with Gasteiger partial charge in [-0.3, -0.25) is 9.69 Å². The average Bonchev–Trinajstić information content (AvgIpc) is 2.64. The van der Waals surface area contributed by atoms with Gasteiger partial charge in [0.15, 0.2) is 0 Å². The molecule has 21 heavy (non-hydrogen) atoms. The second kappa shape index (κ2) is 5.76. The Morgan fingerprint density at radius 1 is 1.33 bits per heavy atom. The van der Waals surface area contributed by atoms with Gasteiger partial charge in [-0.05, 0) is 61.8 Å². The smallest absolute Gasteiger partial charge is 0.303 e. The molecule has 3 nitrogen and oxygen atoms in total. The first kappa shape index (κ1) is 14.5. The highest BCUT2D eigenvalue weighted by Gasteiger charge is 2.40.